The first kappa shape index (κ1) is 14.5. The van der Waals surface area contributed by atoms with Gasteiger partial charge >= 0.3 is 5.97 Å². The van der Waals surface area contributed by atoms with Crippen LogP contribution in [0.1, 0.15) is 17.3 Å². The molecule has 0 spiro atoms. The average molecular weight is 328 g/mol. The van der Waals surface area contributed by atoms with Crippen LogP contribution >= 0.6 is 15.9 Å². The van der Waals surface area contributed by atoms with Crippen molar-refractivity contribution >= 4 is 21.9 Å². The fraction of sp³-hybridized carbons (Fsp3) is 0.500. The monoisotopic (exact) mass is 327 g/mol. The average Bonchev–Trinajstić information content (AvgIpc) is 2.40. The molecule has 2 rings (SSSR count). The second-order valence-corrected chi connectivity index (χ2v) is 5.55. The molecule has 19 heavy (non-hydrogen) atoms. The van der Waals surface area contributed by atoms with Crippen LogP contribution in [0, 0.1) is 0 Å². The van der Waals surface area contributed by atoms with Crippen molar-refractivity contribution in [2.24, 2.45) is 0 Å². The van der Waals surface area contributed by atoms with Gasteiger partial charge in [0.15, 0.2) is 0 Å². The second kappa shape index (κ2) is 7.03. The highest BCUT2D eigenvalue weighted by Crippen LogP contribution is 2.12. The third-order valence-electron chi connectivity index (χ3n) is 3.01. The maximum Gasteiger partial charge on any atom is 0.338 e. The molecule has 4 nitrogen and oxygen atoms in total. The number of halogens is 1. The number of carbonyl (C=O) groups is 1. The summed E-state index contributed by atoms with van der Waals surface area (Å²) in [7, 11) is 0. The summed E-state index contributed by atoms with van der Waals surface area (Å²) in [6, 6.07) is 7.19. The van der Waals surface area contributed by atoms with Crippen LogP contribution in [-0.4, -0.2) is 49.8 Å². The van der Waals surface area contributed by atoms with E-state index in [-0.39, 0.29) is 12.1 Å². The van der Waals surface area contributed by atoms with E-state index in [1.807, 2.05) is 19.1 Å². The molecule has 0 bridgehead atoms. The Morgan fingerprint density at radius 1 is 1.37 bits per heavy atom. The van der Waals surface area contributed by atoms with Crippen LogP contribution < -0.4 is 0 Å². The summed E-state index contributed by atoms with van der Waals surface area (Å²) < 4.78 is 11.7. The molecule has 0 aromatic heterocycles. The first-order valence-electron chi connectivity index (χ1n) is 6.42. The number of rotatable bonds is 4. The van der Waals surface area contributed by atoms with Crippen LogP contribution in [0.2, 0.25) is 0 Å². The fourth-order valence-corrected chi connectivity index (χ4v) is 2.29. The minimum atomic E-state index is -0.270. The summed E-state index contributed by atoms with van der Waals surface area (Å²) in [5, 5.41) is 0. The molecule has 0 N–H and O–H groups in total. The van der Waals surface area contributed by atoms with Gasteiger partial charge in [-0.05, 0) is 31.2 Å². The molecule has 0 saturated carbocycles. The number of morpholine rings is 1. The zero-order valence-electron chi connectivity index (χ0n) is 11.0. The van der Waals surface area contributed by atoms with Crippen LogP contribution in [0.25, 0.3) is 0 Å². The third-order valence-corrected chi connectivity index (χ3v) is 3.54. The fourth-order valence-electron chi connectivity index (χ4n) is 2.02. The summed E-state index contributed by atoms with van der Waals surface area (Å²) >= 11 is 3.34. The number of esters is 1. The predicted molar refractivity (Wildman–Crippen MR) is 76.3 cm³/mol. The van der Waals surface area contributed by atoms with Crippen LogP contribution in [0.15, 0.2) is 28.7 Å². The Hall–Kier alpha value is -0.910. The van der Waals surface area contributed by atoms with Crippen molar-refractivity contribution in [2.75, 3.05) is 32.8 Å². The van der Waals surface area contributed by atoms with Crippen LogP contribution in [0.4, 0.5) is 0 Å². The van der Waals surface area contributed by atoms with E-state index in [0.717, 1.165) is 37.3 Å². The highest BCUT2D eigenvalue weighted by Gasteiger charge is 2.17. The first-order chi connectivity index (χ1) is 9.15. The van der Waals surface area contributed by atoms with E-state index in [2.05, 4.69) is 20.8 Å². The third kappa shape index (κ3) is 4.60. The van der Waals surface area contributed by atoms with Crippen molar-refractivity contribution in [3.63, 3.8) is 0 Å². The van der Waals surface area contributed by atoms with E-state index in [1.165, 1.54) is 0 Å². The molecule has 1 heterocycles. The maximum atomic E-state index is 11.9. The number of ether oxygens (including phenoxy) is 2. The van der Waals surface area contributed by atoms with Crippen LogP contribution in [0.3, 0.4) is 0 Å². The van der Waals surface area contributed by atoms with E-state index in [4.69, 9.17) is 9.47 Å². The van der Waals surface area contributed by atoms with Gasteiger partial charge in [-0.2, -0.15) is 0 Å². The summed E-state index contributed by atoms with van der Waals surface area (Å²) in [4.78, 5) is 14.2. The Kier molecular flexibility index (Phi) is 5.36. The van der Waals surface area contributed by atoms with Crippen LogP contribution in [-0.2, 0) is 9.47 Å². The molecule has 0 aliphatic carbocycles. The van der Waals surface area contributed by atoms with Gasteiger partial charge in [0, 0.05) is 24.1 Å². The quantitative estimate of drug-likeness (QED) is 0.795. The van der Waals surface area contributed by atoms with Gasteiger partial charge in [-0.3, -0.25) is 4.90 Å². The van der Waals surface area contributed by atoms with E-state index in [9.17, 15) is 4.79 Å². The topological polar surface area (TPSA) is 38.8 Å². The molecule has 0 radical (unpaired) electrons. The van der Waals surface area contributed by atoms with Gasteiger partial charge in [-0.25, -0.2) is 4.79 Å². The van der Waals surface area contributed by atoms with Gasteiger partial charge in [0.2, 0.25) is 0 Å². The Labute approximate surface area is 121 Å². The molecule has 1 aromatic rings. The van der Waals surface area contributed by atoms with Gasteiger partial charge < -0.3 is 9.47 Å². The lowest BCUT2D eigenvalue weighted by molar-refractivity contribution is 0.000447. The highest BCUT2D eigenvalue weighted by molar-refractivity contribution is 9.10. The summed E-state index contributed by atoms with van der Waals surface area (Å²) in [5.74, 6) is -0.270. The molecular weight excluding hydrogens is 310 g/mol. The summed E-state index contributed by atoms with van der Waals surface area (Å²) in [6.45, 7) is 6.00. The van der Waals surface area contributed by atoms with Crippen molar-refractivity contribution in [1.82, 2.24) is 4.90 Å². The van der Waals surface area contributed by atoms with Crippen molar-refractivity contribution in [3.05, 3.63) is 34.3 Å². The molecule has 104 valence electrons. The molecule has 1 atom stereocenters. The second-order valence-electron chi connectivity index (χ2n) is 4.64. The minimum Gasteiger partial charge on any atom is -0.458 e. The van der Waals surface area contributed by atoms with Gasteiger partial charge in [-0.1, -0.05) is 15.9 Å². The molecule has 1 saturated heterocycles. The predicted octanol–water partition coefficient (Wildman–Crippen LogP) is 2.33. The molecule has 1 aliphatic rings. The molecule has 1 aliphatic heterocycles. The van der Waals surface area contributed by atoms with E-state index < -0.39 is 0 Å². The molecule has 1 aromatic carbocycles. The molecule has 5 heteroatoms. The molecule has 1 fully saturated rings. The molecule has 1 unspecified atom stereocenters. The highest BCUT2D eigenvalue weighted by atomic mass is 79.9. The van der Waals surface area contributed by atoms with Gasteiger partial charge in [-0.15, -0.1) is 0 Å². The first-order valence-corrected chi connectivity index (χ1v) is 7.21. The lowest BCUT2D eigenvalue weighted by atomic mass is 10.2. The Morgan fingerprint density at radius 2 is 2.00 bits per heavy atom. The van der Waals surface area contributed by atoms with Crippen LogP contribution in [0.5, 0.6) is 0 Å². The molecular formula is C14H18BrNO3. The van der Waals surface area contributed by atoms with E-state index in [1.54, 1.807) is 12.1 Å². The Bertz CT molecular complexity index is 415. The zero-order valence-corrected chi connectivity index (χ0v) is 12.6. The summed E-state index contributed by atoms with van der Waals surface area (Å²) in [5.41, 5.74) is 0.581. The van der Waals surface area contributed by atoms with Crippen molar-refractivity contribution < 1.29 is 14.3 Å². The summed E-state index contributed by atoms with van der Waals surface area (Å²) in [6.07, 6.45) is -0.116. The number of hydrogen-bond acceptors (Lipinski definition) is 4. The number of nitrogens with zero attached hydrogens (tertiary/aromatic N) is 1. The minimum absolute atomic E-state index is 0.116. The Morgan fingerprint density at radius 3 is 2.63 bits per heavy atom. The van der Waals surface area contributed by atoms with Gasteiger partial charge in [0.05, 0.1) is 18.8 Å². The normalized spacial score (nSPS) is 18.0. The van der Waals surface area contributed by atoms with Gasteiger partial charge in [0.1, 0.15) is 6.10 Å². The van der Waals surface area contributed by atoms with Crippen molar-refractivity contribution in [1.29, 1.82) is 0 Å². The Balaban J connectivity index is 1.82. The van der Waals surface area contributed by atoms with E-state index in [0.29, 0.717) is 5.56 Å². The number of hydrogen-bond donors (Lipinski definition) is 0. The van der Waals surface area contributed by atoms with E-state index >= 15 is 0 Å². The zero-order chi connectivity index (χ0) is 13.7. The standard InChI is InChI=1S/C14H18BrNO3/c1-11(10-16-6-8-18-9-7-16)19-14(17)12-2-4-13(15)5-3-12/h2-5,11H,6-10H2,1H3. The smallest absolute Gasteiger partial charge is 0.338 e. The number of benzene rings is 1. The number of carbonyl (C=O) groups excluding carboxylic acids is 1. The lowest BCUT2D eigenvalue weighted by Crippen LogP contribution is -2.41. The molecule has 0 amide bonds. The van der Waals surface area contributed by atoms with Crippen molar-refractivity contribution in [3.8, 4) is 0 Å². The SMILES string of the molecule is CC(CN1CCOCC1)OC(=O)c1ccc(Br)cc1. The largest absolute Gasteiger partial charge is 0.458 e. The van der Waals surface area contributed by atoms with Crippen molar-refractivity contribution in [2.45, 2.75) is 13.0 Å². The maximum absolute atomic E-state index is 11.9. The lowest BCUT2D eigenvalue weighted by Gasteiger charge is -2.28. The van der Waals surface area contributed by atoms with Gasteiger partial charge in [0.25, 0.3) is 0 Å².